The van der Waals surface area contributed by atoms with E-state index in [1.165, 1.54) is 31.3 Å². The summed E-state index contributed by atoms with van der Waals surface area (Å²) in [6.45, 7) is 3.64. The molecule has 2 aliphatic heterocycles. The molecule has 7 rings (SSSR count). The van der Waals surface area contributed by atoms with Crippen molar-refractivity contribution < 1.29 is 51.3 Å². The number of methoxy groups -OCH3 is 2. The molecule has 0 unspecified atom stereocenters. The number of carbonyl (C=O) groups excluding carboxylic acids is 3. The highest BCUT2D eigenvalue weighted by molar-refractivity contribution is 7.91. The predicted octanol–water partition coefficient (Wildman–Crippen LogP) is 4.54. The number of rotatable bonds is 9. The van der Waals surface area contributed by atoms with Crippen molar-refractivity contribution in [1.29, 1.82) is 0 Å². The van der Waals surface area contributed by atoms with Crippen LogP contribution in [0.1, 0.15) is 58.8 Å². The van der Waals surface area contributed by atoms with Gasteiger partial charge in [0.25, 0.3) is 5.91 Å². The van der Waals surface area contributed by atoms with Gasteiger partial charge in [0.2, 0.25) is 27.7 Å². The summed E-state index contributed by atoms with van der Waals surface area (Å²) in [4.78, 5) is 61.0. The molecule has 15 nitrogen and oxygen atoms in total. The Morgan fingerprint density at radius 3 is 2.50 bits per heavy atom. The van der Waals surface area contributed by atoms with Crippen LogP contribution in [-0.2, 0) is 24.4 Å². The van der Waals surface area contributed by atoms with Crippen molar-refractivity contribution in [2.45, 2.75) is 87.8 Å². The van der Waals surface area contributed by atoms with Crippen LogP contribution in [0.5, 0.6) is 17.4 Å². The van der Waals surface area contributed by atoms with E-state index in [0.717, 1.165) is 0 Å². The van der Waals surface area contributed by atoms with Crippen molar-refractivity contribution in [2.24, 2.45) is 17.8 Å². The van der Waals surface area contributed by atoms with E-state index in [4.69, 9.17) is 19.2 Å². The van der Waals surface area contributed by atoms with Crippen molar-refractivity contribution in [3.63, 3.8) is 0 Å². The molecule has 4 N–H and O–H groups in total. The molecule has 7 atom stereocenters. The smallest absolute Gasteiger partial charge is 0.405 e. The van der Waals surface area contributed by atoms with Crippen molar-refractivity contribution in [1.82, 2.24) is 25.2 Å². The largest absolute Gasteiger partial charge is 0.497 e. The van der Waals surface area contributed by atoms with Crippen LogP contribution in [0.4, 0.5) is 9.18 Å². The van der Waals surface area contributed by atoms with E-state index in [2.05, 4.69) is 15.4 Å². The van der Waals surface area contributed by atoms with E-state index in [0.29, 0.717) is 59.9 Å². The third kappa shape index (κ3) is 8.40. The third-order valence-corrected chi connectivity index (χ3v) is 13.4. The summed E-state index contributed by atoms with van der Waals surface area (Å²) in [7, 11) is -1.07. The minimum Gasteiger partial charge on any atom is -0.497 e. The highest BCUT2D eigenvalue weighted by Gasteiger charge is 2.62. The first-order chi connectivity index (χ1) is 27.6. The molecular formula is C41H48FN5O10S. The third-order valence-electron chi connectivity index (χ3n) is 11.6. The van der Waals surface area contributed by atoms with Crippen LogP contribution in [0, 0.1) is 23.6 Å². The average Bonchev–Trinajstić information content (AvgIpc) is 4.11. The van der Waals surface area contributed by atoms with E-state index in [-0.39, 0.29) is 36.9 Å². The van der Waals surface area contributed by atoms with E-state index in [1.807, 2.05) is 19.1 Å². The number of amides is 4. The molecule has 3 fully saturated rings. The monoisotopic (exact) mass is 821 g/mol. The fraction of sp³-hybridized carbons (Fsp3) is 0.488. The first kappa shape index (κ1) is 40.7. The highest BCUT2D eigenvalue weighted by Crippen LogP contribution is 2.46. The van der Waals surface area contributed by atoms with E-state index < -0.39 is 80.5 Å². The quantitative estimate of drug-likeness (QED) is 0.221. The number of aromatic nitrogens is 1. The lowest BCUT2D eigenvalue weighted by molar-refractivity contribution is -0.142. The van der Waals surface area contributed by atoms with Crippen LogP contribution in [0.3, 0.4) is 0 Å². The Hall–Kier alpha value is -5.45. The number of sulfonamides is 1. The number of nitrogens with one attached hydrogen (secondary N) is 3. The van der Waals surface area contributed by atoms with E-state index in [1.54, 1.807) is 37.3 Å². The molecule has 0 bridgehead atoms. The zero-order valence-electron chi connectivity index (χ0n) is 32.7. The number of pyridine rings is 1. The Morgan fingerprint density at radius 1 is 1.03 bits per heavy atom. The average molecular weight is 822 g/mol. The molecule has 58 heavy (non-hydrogen) atoms. The Kier molecular flexibility index (Phi) is 11.3. The van der Waals surface area contributed by atoms with Crippen molar-refractivity contribution in [3.8, 4) is 28.6 Å². The fourth-order valence-electron chi connectivity index (χ4n) is 8.18. The van der Waals surface area contributed by atoms with Gasteiger partial charge in [-0.05, 0) is 98.2 Å². The van der Waals surface area contributed by atoms with Crippen molar-refractivity contribution in [2.75, 3.05) is 20.8 Å². The summed E-state index contributed by atoms with van der Waals surface area (Å²) in [6.07, 6.45) is 4.24. The molecule has 2 aliphatic carbocycles. The van der Waals surface area contributed by atoms with E-state index in [9.17, 15) is 37.1 Å². The maximum atomic E-state index is 14.9. The molecule has 1 aromatic heterocycles. The molecule has 4 amide bonds. The zero-order valence-corrected chi connectivity index (χ0v) is 33.5. The van der Waals surface area contributed by atoms with Crippen LogP contribution in [0.15, 0.2) is 54.6 Å². The van der Waals surface area contributed by atoms with Crippen LogP contribution in [0.2, 0.25) is 0 Å². The molecular weight excluding hydrogens is 774 g/mol. The van der Waals surface area contributed by atoms with Gasteiger partial charge in [-0.25, -0.2) is 22.6 Å². The maximum absolute atomic E-state index is 14.9. The molecule has 4 aliphatic rings. The van der Waals surface area contributed by atoms with Gasteiger partial charge in [0, 0.05) is 23.3 Å². The molecule has 0 spiro atoms. The lowest BCUT2D eigenvalue weighted by atomic mass is 9.88. The van der Waals surface area contributed by atoms with Gasteiger partial charge in [-0.1, -0.05) is 26.0 Å². The maximum Gasteiger partial charge on any atom is 0.405 e. The first-order valence-corrected chi connectivity index (χ1v) is 21.0. The second-order valence-electron chi connectivity index (χ2n) is 15.9. The standard InChI is InChI=1S/C41H48FN5O10S/c1-22-7-5-6-8-26-20-41(26,39(50)46-58(53,54)29-11-12-29)45-36(48)33-19-28(21-47(33)38(49)35(23(2)15-22)44-40(51)52)57-37-30-13-10-27(55-3)16-25(30)18-32(43-37)24-9-14-34(56-4)31(42)17-24/h6,8-10,13-14,16-18,22-23,26,28-29,33,35,44H,5,7,11-12,15,19-21H2,1-4H3,(H,45,48)(H,46,50)(H,51,52)/t22-,23-,26-,28-,33+,35+,41-/m1/s1. The van der Waals surface area contributed by atoms with Crippen LogP contribution in [-0.4, -0.2) is 97.0 Å². The van der Waals surface area contributed by atoms with Crippen molar-refractivity contribution >= 4 is 44.6 Å². The van der Waals surface area contributed by atoms with Gasteiger partial charge in [0.05, 0.1) is 31.7 Å². The second kappa shape index (κ2) is 16.1. The number of ether oxygens (including phenoxy) is 3. The Balaban J connectivity index is 1.25. The first-order valence-electron chi connectivity index (χ1n) is 19.5. The number of hydrogen-bond acceptors (Lipinski definition) is 10. The van der Waals surface area contributed by atoms with Gasteiger partial charge in [-0.15, -0.1) is 0 Å². The molecule has 1 saturated heterocycles. The van der Waals surface area contributed by atoms with Gasteiger partial charge in [0.15, 0.2) is 11.6 Å². The number of carbonyl (C=O) groups is 4. The Bertz CT molecular complexity index is 2270. The summed E-state index contributed by atoms with van der Waals surface area (Å²) >= 11 is 0. The SMILES string of the molecule is COc1ccc2c(O[C@@H]3C[C@H]4C(=O)N[C@]5(C(=O)NS(=O)(=O)C6CC6)C[C@H]5C=CCC[C@@H](C)C[C@@H](C)[C@H](NC(=O)O)C(=O)N4C3)nc(-c3ccc(OC)c(F)c3)cc2c1. The zero-order chi connectivity index (χ0) is 41.5. The predicted molar refractivity (Wildman–Crippen MR) is 210 cm³/mol. The number of nitrogens with zero attached hydrogens (tertiary/aromatic N) is 2. The molecule has 0 radical (unpaired) electrons. The molecule has 310 valence electrons. The minimum absolute atomic E-state index is 0.0525. The number of hydrogen-bond donors (Lipinski definition) is 4. The Labute approximate surface area is 335 Å². The summed E-state index contributed by atoms with van der Waals surface area (Å²) in [6, 6.07) is 8.93. The van der Waals surface area contributed by atoms with Crippen LogP contribution >= 0.6 is 0 Å². The molecule has 17 heteroatoms. The lowest BCUT2D eigenvalue weighted by Gasteiger charge is -2.32. The van der Waals surface area contributed by atoms with Gasteiger partial charge < -0.3 is 34.9 Å². The number of carboxylic acid groups (broad SMARTS) is 1. The topological polar surface area (TPSA) is 203 Å². The Morgan fingerprint density at radius 2 is 1.81 bits per heavy atom. The number of halogens is 1. The number of benzene rings is 2. The molecule has 2 aromatic carbocycles. The summed E-state index contributed by atoms with van der Waals surface area (Å²) in [5.41, 5.74) is -0.804. The fourth-order valence-corrected chi connectivity index (χ4v) is 9.55. The normalized spacial score (nSPS) is 27.6. The van der Waals surface area contributed by atoms with Gasteiger partial charge in [-0.2, -0.15) is 0 Å². The molecule has 3 aromatic rings. The molecule has 3 heterocycles. The van der Waals surface area contributed by atoms with E-state index >= 15 is 0 Å². The second-order valence-corrected chi connectivity index (χ2v) is 17.9. The van der Waals surface area contributed by atoms with Gasteiger partial charge in [-0.3, -0.25) is 19.1 Å². The summed E-state index contributed by atoms with van der Waals surface area (Å²) in [5, 5.41) is 15.6. The van der Waals surface area contributed by atoms with Gasteiger partial charge >= 0.3 is 6.09 Å². The summed E-state index contributed by atoms with van der Waals surface area (Å²) in [5.74, 6) is -2.96. The minimum atomic E-state index is -3.95. The highest BCUT2D eigenvalue weighted by atomic mass is 32.2. The van der Waals surface area contributed by atoms with Crippen molar-refractivity contribution in [3.05, 3.63) is 60.4 Å². The van der Waals surface area contributed by atoms with Gasteiger partial charge in [0.1, 0.15) is 29.5 Å². The molecule has 2 saturated carbocycles. The number of allylic oxidation sites excluding steroid dienone is 1. The number of fused-ring (bicyclic) bond motifs is 3. The lowest BCUT2D eigenvalue weighted by Crippen LogP contribution is -2.59. The summed E-state index contributed by atoms with van der Waals surface area (Å²) < 4.78 is 60.0. The van der Waals surface area contributed by atoms with Crippen LogP contribution < -0.4 is 29.6 Å². The van der Waals surface area contributed by atoms with Crippen LogP contribution in [0.25, 0.3) is 22.0 Å².